The average molecular weight is 276 g/mol. The minimum Gasteiger partial charge on any atom is -0.496 e. The predicted octanol–water partition coefficient (Wildman–Crippen LogP) is 3.80. The summed E-state index contributed by atoms with van der Waals surface area (Å²) in [5.74, 6) is 1.52. The molecule has 4 heteroatoms. The third kappa shape index (κ3) is 4.74. The van der Waals surface area contributed by atoms with Gasteiger partial charge in [0.2, 0.25) is 0 Å². The average Bonchev–Trinajstić information content (AvgIpc) is 2.30. The Balaban J connectivity index is 2.79. The summed E-state index contributed by atoms with van der Waals surface area (Å²) < 4.78 is 5.34. The van der Waals surface area contributed by atoms with Crippen LogP contribution in [0, 0.1) is 0 Å². The Hall–Kier alpha value is -0.440. The van der Waals surface area contributed by atoms with Crippen LogP contribution in [0.25, 0.3) is 0 Å². The van der Waals surface area contributed by atoms with Gasteiger partial charge in [-0.2, -0.15) is 0 Å². The lowest BCUT2D eigenvalue weighted by Crippen LogP contribution is -2.26. The number of rotatable bonds is 7. The van der Waals surface area contributed by atoms with E-state index in [1.54, 1.807) is 7.11 Å². The van der Waals surface area contributed by atoms with Crippen molar-refractivity contribution in [2.75, 3.05) is 26.1 Å². The first-order valence-electron chi connectivity index (χ1n) is 5.82. The van der Waals surface area contributed by atoms with Crippen molar-refractivity contribution in [3.05, 3.63) is 28.8 Å². The zero-order valence-electron chi connectivity index (χ0n) is 10.4. The van der Waals surface area contributed by atoms with Crippen molar-refractivity contribution < 1.29 is 4.74 Å². The van der Waals surface area contributed by atoms with Gasteiger partial charge in [-0.1, -0.05) is 18.5 Å². The molecular formula is C13H19Cl2NO. The van der Waals surface area contributed by atoms with Gasteiger partial charge in [0.1, 0.15) is 5.75 Å². The fourth-order valence-corrected chi connectivity index (χ4v) is 2.25. The third-order valence-corrected chi connectivity index (χ3v) is 2.98. The van der Waals surface area contributed by atoms with Gasteiger partial charge in [0.05, 0.1) is 7.11 Å². The highest BCUT2D eigenvalue weighted by atomic mass is 35.5. The number of ether oxygens (including phenoxy) is 1. The number of nitrogens with zero attached hydrogens (tertiary/aromatic N) is 1. The molecule has 0 atom stereocenters. The van der Waals surface area contributed by atoms with Crippen molar-refractivity contribution in [2.24, 2.45) is 0 Å². The normalized spacial score (nSPS) is 10.9. The van der Waals surface area contributed by atoms with Crippen molar-refractivity contribution in [3.63, 3.8) is 0 Å². The molecule has 0 saturated carbocycles. The Morgan fingerprint density at radius 2 is 2.06 bits per heavy atom. The van der Waals surface area contributed by atoms with E-state index in [1.165, 1.54) is 0 Å². The van der Waals surface area contributed by atoms with Gasteiger partial charge in [0.25, 0.3) is 0 Å². The van der Waals surface area contributed by atoms with Crippen LogP contribution in [0.1, 0.15) is 18.9 Å². The zero-order valence-corrected chi connectivity index (χ0v) is 11.9. The molecular weight excluding hydrogens is 257 g/mol. The monoisotopic (exact) mass is 275 g/mol. The molecule has 0 aliphatic heterocycles. The molecule has 0 amide bonds. The fourth-order valence-electron chi connectivity index (χ4n) is 1.82. The molecule has 1 aromatic rings. The Bertz CT molecular complexity index is 338. The molecule has 0 aliphatic carbocycles. The molecule has 0 unspecified atom stereocenters. The van der Waals surface area contributed by atoms with Crippen LogP contribution in [0.5, 0.6) is 5.75 Å². The van der Waals surface area contributed by atoms with E-state index in [1.807, 2.05) is 18.2 Å². The van der Waals surface area contributed by atoms with Crippen LogP contribution >= 0.6 is 23.2 Å². The Kier molecular flexibility index (Phi) is 6.71. The Morgan fingerprint density at radius 1 is 1.29 bits per heavy atom. The van der Waals surface area contributed by atoms with Crippen LogP contribution in [-0.2, 0) is 6.54 Å². The lowest BCUT2D eigenvalue weighted by molar-refractivity contribution is 0.277. The molecule has 17 heavy (non-hydrogen) atoms. The van der Waals surface area contributed by atoms with Gasteiger partial charge < -0.3 is 4.74 Å². The molecule has 0 aliphatic rings. The molecule has 0 aromatic heterocycles. The van der Waals surface area contributed by atoms with E-state index in [0.29, 0.717) is 5.88 Å². The number of hydrogen-bond acceptors (Lipinski definition) is 2. The molecule has 1 rings (SSSR count). The molecule has 0 radical (unpaired) electrons. The topological polar surface area (TPSA) is 12.5 Å². The number of alkyl halides is 1. The summed E-state index contributed by atoms with van der Waals surface area (Å²) in [5.41, 5.74) is 1.11. The van der Waals surface area contributed by atoms with Gasteiger partial charge >= 0.3 is 0 Å². The van der Waals surface area contributed by atoms with E-state index in [-0.39, 0.29) is 0 Å². The van der Waals surface area contributed by atoms with Crippen molar-refractivity contribution >= 4 is 23.2 Å². The van der Waals surface area contributed by atoms with Crippen LogP contribution in [0.2, 0.25) is 5.02 Å². The second-order valence-electron chi connectivity index (χ2n) is 3.92. The van der Waals surface area contributed by atoms with Crippen molar-refractivity contribution in [1.29, 1.82) is 0 Å². The zero-order chi connectivity index (χ0) is 12.7. The van der Waals surface area contributed by atoms with E-state index in [0.717, 1.165) is 42.4 Å². The number of benzene rings is 1. The lowest BCUT2D eigenvalue weighted by Gasteiger charge is -2.21. The lowest BCUT2D eigenvalue weighted by atomic mass is 10.2. The van der Waals surface area contributed by atoms with Gasteiger partial charge in [-0.25, -0.2) is 0 Å². The van der Waals surface area contributed by atoms with Crippen LogP contribution in [0.3, 0.4) is 0 Å². The second-order valence-corrected chi connectivity index (χ2v) is 4.74. The van der Waals surface area contributed by atoms with Crippen LogP contribution in [0.4, 0.5) is 0 Å². The predicted molar refractivity (Wildman–Crippen MR) is 74.3 cm³/mol. The SMILES string of the molecule is CCCN(CCCl)Cc1cc(Cl)ccc1OC. The molecule has 96 valence electrons. The van der Waals surface area contributed by atoms with Crippen LogP contribution in [0.15, 0.2) is 18.2 Å². The summed E-state index contributed by atoms with van der Waals surface area (Å²) in [7, 11) is 1.68. The smallest absolute Gasteiger partial charge is 0.123 e. The third-order valence-electron chi connectivity index (χ3n) is 2.58. The fraction of sp³-hybridized carbons (Fsp3) is 0.538. The molecule has 0 N–H and O–H groups in total. The van der Waals surface area contributed by atoms with E-state index in [4.69, 9.17) is 27.9 Å². The van der Waals surface area contributed by atoms with Crippen molar-refractivity contribution in [3.8, 4) is 5.75 Å². The molecule has 0 fully saturated rings. The molecule has 0 spiro atoms. The molecule has 0 saturated heterocycles. The van der Waals surface area contributed by atoms with Gasteiger partial charge in [-0.05, 0) is 31.2 Å². The summed E-state index contributed by atoms with van der Waals surface area (Å²) in [6, 6.07) is 5.70. The standard InChI is InChI=1S/C13H19Cl2NO/c1-3-7-16(8-6-14)10-11-9-12(15)4-5-13(11)17-2/h4-5,9H,3,6-8,10H2,1-2H3. The summed E-state index contributed by atoms with van der Waals surface area (Å²) in [5, 5.41) is 0.739. The summed E-state index contributed by atoms with van der Waals surface area (Å²) in [6.07, 6.45) is 1.11. The van der Waals surface area contributed by atoms with Gasteiger partial charge in [-0.3, -0.25) is 4.90 Å². The molecule has 2 nitrogen and oxygen atoms in total. The van der Waals surface area contributed by atoms with E-state index < -0.39 is 0 Å². The van der Waals surface area contributed by atoms with Gasteiger partial charge in [0.15, 0.2) is 0 Å². The highest BCUT2D eigenvalue weighted by Crippen LogP contribution is 2.24. The van der Waals surface area contributed by atoms with Crippen LogP contribution in [-0.4, -0.2) is 31.0 Å². The first kappa shape index (κ1) is 14.6. The maximum Gasteiger partial charge on any atom is 0.123 e. The van der Waals surface area contributed by atoms with Crippen molar-refractivity contribution in [2.45, 2.75) is 19.9 Å². The Labute approximate surface area is 113 Å². The largest absolute Gasteiger partial charge is 0.496 e. The molecule has 1 aromatic carbocycles. The highest BCUT2D eigenvalue weighted by molar-refractivity contribution is 6.30. The summed E-state index contributed by atoms with van der Waals surface area (Å²) in [6.45, 7) is 4.90. The summed E-state index contributed by atoms with van der Waals surface area (Å²) in [4.78, 5) is 2.31. The quantitative estimate of drug-likeness (QED) is 0.702. The van der Waals surface area contributed by atoms with Crippen LogP contribution < -0.4 is 4.74 Å². The maximum atomic E-state index is 6.01. The molecule has 0 heterocycles. The number of hydrogen-bond donors (Lipinski definition) is 0. The number of methoxy groups -OCH3 is 1. The highest BCUT2D eigenvalue weighted by Gasteiger charge is 2.09. The van der Waals surface area contributed by atoms with Gasteiger partial charge in [0, 0.05) is 29.6 Å². The number of halogens is 2. The Morgan fingerprint density at radius 3 is 2.65 bits per heavy atom. The molecule has 0 bridgehead atoms. The summed E-state index contributed by atoms with van der Waals surface area (Å²) >= 11 is 11.8. The van der Waals surface area contributed by atoms with Gasteiger partial charge in [-0.15, -0.1) is 11.6 Å². The minimum atomic E-state index is 0.642. The van der Waals surface area contributed by atoms with E-state index >= 15 is 0 Å². The maximum absolute atomic E-state index is 6.01. The minimum absolute atomic E-state index is 0.642. The van der Waals surface area contributed by atoms with E-state index in [2.05, 4.69) is 11.8 Å². The first-order valence-corrected chi connectivity index (χ1v) is 6.73. The van der Waals surface area contributed by atoms with Crippen molar-refractivity contribution in [1.82, 2.24) is 4.90 Å². The first-order chi connectivity index (χ1) is 8.21. The van der Waals surface area contributed by atoms with E-state index in [9.17, 15) is 0 Å². The second kappa shape index (κ2) is 7.80.